The summed E-state index contributed by atoms with van der Waals surface area (Å²) in [6.07, 6.45) is 1.77. The Balaban J connectivity index is 2.15. The lowest BCUT2D eigenvalue weighted by Gasteiger charge is -2.17. The largest absolute Gasteiger partial charge is 0.349 e. The van der Waals surface area contributed by atoms with Crippen LogP contribution in [-0.2, 0) is 0 Å². The number of nitrogens with zero attached hydrogens (tertiary/aromatic N) is 2. The maximum absolute atomic E-state index is 12.4. The van der Waals surface area contributed by atoms with Gasteiger partial charge in [0.1, 0.15) is 5.69 Å². The van der Waals surface area contributed by atoms with Crippen molar-refractivity contribution >= 4 is 27.7 Å². The van der Waals surface area contributed by atoms with Crippen molar-refractivity contribution < 1.29 is 4.79 Å². The van der Waals surface area contributed by atoms with E-state index in [-0.39, 0.29) is 5.91 Å². The second-order valence-corrected chi connectivity index (χ2v) is 4.77. The zero-order chi connectivity index (χ0) is 14.1. The first-order valence-electron chi connectivity index (χ1n) is 6.90. The molecule has 0 aliphatic carbocycles. The molecular formula is C16H17N3O. The van der Waals surface area contributed by atoms with Gasteiger partial charge in [0.05, 0.1) is 11.0 Å². The van der Waals surface area contributed by atoms with E-state index < -0.39 is 0 Å². The molecule has 0 bridgehead atoms. The number of aromatic nitrogens is 2. The first-order chi connectivity index (χ1) is 9.74. The Labute approximate surface area is 117 Å². The SMILES string of the molecule is CCN(CC)C(=O)c1cc2ccc3cccnc3c2[nH]1. The van der Waals surface area contributed by atoms with Crippen molar-refractivity contribution in [2.75, 3.05) is 13.1 Å². The fourth-order valence-corrected chi connectivity index (χ4v) is 2.54. The Bertz CT molecular complexity index is 772. The van der Waals surface area contributed by atoms with Crippen molar-refractivity contribution in [3.05, 3.63) is 42.2 Å². The molecule has 0 saturated carbocycles. The van der Waals surface area contributed by atoms with Crippen molar-refractivity contribution in [1.82, 2.24) is 14.9 Å². The molecule has 0 aliphatic heterocycles. The molecule has 3 aromatic rings. The molecule has 3 rings (SSSR count). The summed E-state index contributed by atoms with van der Waals surface area (Å²) in [4.78, 5) is 21.8. The lowest BCUT2D eigenvalue weighted by Crippen LogP contribution is -2.30. The standard InChI is InChI=1S/C16H17N3O/c1-3-19(4-2)16(20)13-10-12-8-7-11-6-5-9-17-14(11)15(12)18-13/h5-10,18H,3-4H2,1-2H3. The number of aromatic amines is 1. The first-order valence-corrected chi connectivity index (χ1v) is 6.90. The normalized spacial score (nSPS) is 11.1. The van der Waals surface area contributed by atoms with Crippen molar-refractivity contribution in [3.63, 3.8) is 0 Å². The fraction of sp³-hybridized carbons (Fsp3) is 0.250. The van der Waals surface area contributed by atoms with Crippen LogP contribution < -0.4 is 0 Å². The van der Waals surface area contributed by atoms with Crippen molar-refractivity contribution in [1.29, 1.82) is 0 Å². The van der Waals surface area contributed by atoms with Crippen LogP contribution in [0.2, 0.25) is 0 Å². The van der Waals surface area contributed by atoms with E-state index in [1.807, 2.05) is 44.2 Å². The highest BCUT2D eigenvalue weighted by atomic mass is 16.2. The minimum Gasteiger partial charge on any atom is -0.349 e. The number of benzene rings is 1. The van der Waals surface area contributed by atoms with Crippen molar-refractivity contribution in [2.45, 2.75) is 13.8 Å². The van der Waals surface area contributed by atoms with Crippen molar-refractivity contribution in [2.24, 2.45) is 0 Å². The molecule has 0 fully saturated rings. The van der Waals surface area contributed by atoms with E-state index in [2.05, 4.69) is 9.97 Å². The minimum atomic E-state index is 0.0373. The van der Waals surface area contributed by atoms with Gasteiger partial charge in [0.15, 0.2) is 0 Å². The Morgan fingerprint density at radius 2 is 1.95 bits per heavy atom. The van der Waals surface area contributed by atoms with Gasteiger partial charge in [-0.05, 0) is 26.0 Å². The van der Waals surface area contributed by atoms with Crippen molar-refractivity contribution in [3.8, 4) is 0 Å². The zero-order valence-corrected chi connectivity index (χ0v) is 11.7. The number of amides is 1. The van der Waals surface area contributed by atoms with Crippen LogP contribution in [0.1, 0.15) is 24.3 Å². The van der Waals surface area contributed by atoms with Crippen LogP contribution in [0.3, 0.4) is 0 Å². The van der Waals surface area contributed by atoms with Gasteiger partial charge in [-0.1, -0.05) is 18.2 Å². The van der Waals surface area contributed by atoms with Gasteiger partial charge in [0.2, 0.25) is 0 Å². The highest BCUT2D eigenvalue weighted by Crippen LogP contribution is 2.24. The number of carbonyl (C=O) groups is 1. The van der Waals surface area contributed by atoms with E-state index in [0.717, 1.165) is 21.8 Å². The molecule has 102 valence electrons. The van der Waals surface area contributed by atoms with E-state index in [9.17, 15) is 4.79 Å². The van der Waals surface area contributed by atoms with Gasteiger partial charge in [-0.2, -0.15) is 0 Å². The van der Waals surface area contributed by atoms with Crippen LogP contribution in [-0.4, -0.2) is 33.9 Å². The Morgan fingerprint density at radius 1 is 1.20 bits per heavy atom. The number of carbonyl (C=O) groups excluding carboxylic acids is 1. The smallest absolute Gasteiger partial charge is 0.270 e. The van der Waals surface area contributed by atoms with Gasteiger partial charge >= 0.3 is 0 Å². The average Bonchev–Trinajstić information content (AvgIpc) is 2.93. The molecule has 4 heteroatoms. The Hall–Kier alpha value is -2.36. The summed E-state index contributed by atoms with van der Waals surface area (Å²) in [6.45, 7) is 5.40. The second-order valence-electron chi connectivity index (χ2n) is 4.77. The fourth-order valence-electron chi connectivity index (χ4n) is 2.54. The number of hydrogen-bond donors (Lipinski definition) is 1. The summed E-state index contributed by atoms with van der Waals surface area (Å²) < 4.78 is 0. The lowest BCUT2D eigenvalue weighted by molar-refractivity contribution is 0.0768. The summed E-state index contributed by atoms with van der Waals surface area (Å²) in [5.41, 5.74) is 2.46. The van der Waals surface area contributed by atoms with Gasteiger partial charge in [-0.3, -0.25) is 9.78 Å². The maximum atomic E-state index is 12.4. The molecule has 0 radical (unpaired) electrons. The number of fused-ring (bicyclic) bond motifs is 3. The molecule has 2 heterocycles. The van der Waals surface area contributed by atoms with E-state index in [1.54, 1.807) is 11.1 Å². The van der Waals surface area contributed by atoms with Gasteiger partial charge in [-0.25, -0.2) is 0 Å². The van der Waals surface area contributed by atoms with Crippen LogP contribution in [0.4, 0.5) is 0 Å². The van der Waals surface area contributed by atoms with Crippen LogP contribution in [0.25, 0.3) is 21.8 Å². The number of pyridine rings is 1. The van der Waals surface area contributed by atoms with E-state index in [1.165, 1.54) is 0 Å². The van der Waals surface area contributed by atoms with Crippen LogP contribution in [0.15, 0.2) is 36.5 Å². The zero-order valence-electron chi connectivity index (χ0n) is 11.7. The van der Waals surface area contributed by atoms with Gasteiger partial charge in [-0.15, -0.1) is 0 Å². The monoisotopic (exact) mass is 267 g/mol. The number of rotatable bonds is 3. The summed E-state index contributed by atoms with van der Waals surface area (Å²) in [5.74, 6) is 0.0373. The predicted octanol–water partition coefficient (Wildman–Crippen LogP) is 3.20. The molecule has 0 atom stereocenters. The molecular weight excluding hydrogens is 250 g/mol. The minimum absolute atomic E-state index is 0.0373. The van der Waals surface area contributed by atoms with E-state index in [4.69, 9.17) is 0 Å². The molecule has 0 saturated heterocycles. The molecule has 2 aromatic heterocycles. The predicted molar refractivity (Wildman–Crippen MR) is 80.9 cm³/mol. The number of H-pyrrole nitrogens is 1. The summed E-state index contributed by atoms with van der Waals surface area (Å²) in [5, 5.41) is 2.09. The van der Waals surface area contributed by atoms with Crippen LogP contribution >= 0.6 is 0 Å². The van der Waals surface area contributed by atoms with Gasteiger partial charge in [0.25, 0.3) is 5.91 Å². The van der Waals surface area contributed by atoms with E-state index >= 15 is 0 Å². The number of hydrogen-bond acceptors (Lipinski definition) is 2. The number of nitrogens with one attached hydrogen (secondary N) is 1. The average molecular weight is 267 g/mol. The maximum Gasteiger partial charge on any atom is 0.270 e. The molecule has 20 heavy (non-hydrogen) atoms. The Morgan fingerprint density at radius 3 is 2.70 bits per heavy atom. The molecule has 4 nitrogen and oxygen atoms in total. The summed E-state index contributed by atoms with van der Waals surface area (Å²) in [7, 11) is 0. The van der Waals surface area contributed by atoms with Gasteiger partial charge < -0.3 is 9.88 Å². The topological polar surface area (TPSA) is 49.0 Å². The lowest BCUT2D eigenvalue weighted by atomic mass is 10.1. The van der Waals surface area contributed by atoms with Crippen LogP contribution in [0, 0.1) is 0 Å². The molecule has 0 aliphatic rings. The quantitative estimate of drug-likeness (QED) is 0.792. The summed E-state index contributed by atoms with van der Waals surface area (Å²) >= 11 is 0. The van der Waals surface area contributed by atoms with E-state index in [0.29, 0.717) is 18.8 Å². The first kappa shape index (κ1) is 12.7. The molecule has 1 N–H and O–H groups in total. The third kappa shape index (κ3) is 1.93. The highest BCUT2D eigenvalue weighted by Gasteiger charge is 2.15. The third-order valence-corrected chi connectivity index (χ3v) is 3.65. The molecule has 1 amide bonds. The Kier molecular flexibility index (Phi) is 3.14. The van der Waals surface area contributed by atoms with Gasteiger partial charge in [0, 0.05) is 30.1 Å². The molecule has 1 aromatic carbocycles. The van der Waals surface area contributed by atoms with Crippen LogP contribution in [0.5, 0.6) is 0 Å². The molecule has 0 unspecified atom stereocenters. The second kappa shape index (κ2) is 4.96. The molecule has 0 spiro atoms. The highest BCUT2D eigenvalue weighted by molar-refractivity contribution is 6.07. The third-order valence-electron chi connectivity index (χ3n) is 3.65. The summed E-state index contributed by atoms with van der Waals surface area (Å²) in [6, 6.07) is 9.90.